The molecule has 1 aromatic heterocycles. The third-order valence-corrected chi connectivity index (χ3v) is 4.95. The number of rotatable bonds is 6. The zero-order valence-electron chi connectivity index (χ0n) is 16.3. The van der Waals surface area contributed by atoms with Gasteiger partial charge in [0.1, 0.15) is 5.82 Å². The molecule has 2 aromatic carbocycles. The summed E-state index contributed by atoms with van der Waals surface area (Å²) in [6, 6.07) is 11.0. The number of aliphatic hydroxyl groups is 1. The van der Waals surface area contributed by atoms with Crippen LogP contribution in [0, 0.1) is 5.82 Å². The Bertz CT molecular complexity index is 1100. The lowest BCUT2D eigenvalue weighted by Gasteiger charge is -2.14. The number of benzene rings is 2. The fourth-order valence-electron chi connectivity index (χ4n) is 2.96. The minimum Gasteiger partial charge on any atom is -0.392 e. The molecule has 31 heavy (non-hydrogen) atoms. The van der Waals surface area contributed by atoms with Gasteiger partial charge in [0.2, 0.25) is 5.91 Å². The summed E-state index contributed by atoms with van der Waals surface area (Å²) < 4.78 is 54.5. The Morgan fingerprint density at radius 2 is 1.97 bits per heavy atom. The quantitative estimate of drug-likeness (QED) is 0.534. The number of halogens is 5. The number of hydrogen-bond acceptors (Lipinski definition) is 3. The van der Waals surface area contributed by atoms with Crippen LogP contribution in [0.25, 0.3) is 5.69 Å². The van der Waals surface area contributed by atoms with E-state index in [1.807, 2.05) is 0 Å². The van der Waals surface area contributed by atoms with E-state index in [-0.39, 0.29) is 17.8 Å². The molecular weight excluding hydrogens is 438 g/mol. The molecule has 2 N–H and O–H groups in total. The van der Waals surface area contributed by atoms with Gasteiger partial charge >= 0.3 is 6.18 Å². The molecule has 0 aliphatic heterocycles. The molecular formula is C21H18ClF4N3O2. The van der Waals surface area contributed by atoms with Gasteiger partial charge < -0.3 is 10.4 Å². The highest BCUT2D eigenvalue weighted by molar-refractivity contribution is 6.30. The lowest BCUT2D eigenvalue weighted by atomic mass is 9.98. The fourth-order valence-corrected chi connectivity index (χ4v) is 3.14. The average molecular weight is 456 g/mol. The molecule has 1 unspecified atom stereocenters. The largest absolute Gasteiger partial charge is 0.435 e. The predicted molar refractivity (Wildman–Crippen MR) is 106 cm³/mol. The molecule has 0 fully saturated rings. The molecule has 1 amide bonds. The van der Waals surface area contributed by atoms with Gasteiger partial charge in [0.15, 0.2) is 5.69 Å². The van der Waals surface area contributed by atoms with Crippen molar-refractivity contribution in [3.63, 3.8) is 0 Å². The molecule has 3 rings (SSSR count). The summed E-state index contributed by atoms with van der Waals surface area (Å²) in [5.41, 5.74) is -0.238. The molecule has 164 valence electrons. The van der Waals surface area contributed by atoms with Crippen molar-refractivity contribution in [2.24, 2.45) is 0 Å². The number of amides is 1. The van der Waals surface area contributed by atoms with E-state index in [4.69, 9.17) is 16.7 Å². The van der Waals surface area contributed by atoms with Crippen LogP contribution < -0.4 is 5.32 Å². The average Bonchev–Trinajstić information content (AvgIpc) is 3.16. The molecule has 10 heteroatoms. The van der Waals surface area contributed by atoms with Gasteiger partial charge in [-0.05, 0) is 42.8 Å². The molecule has 0 radical (unpaired) electrons. The molecule has 0 saturated heterocycles. The van der Waals surface area contributed by atoms with Gasteiger partial charge in [-0.3, -0.25) is 4.79 Å². The summed E-state index contributed by atoms with van der Waals surface area (Å²) in [5.74, 6) is -1.93. The maximum atomic E-state index is 13.9. The first-order valence-corrected chi connectivity index (χ1v) is 9.57. The first kappa shape index (κ1) is 22.8. The van der Waals surface area contributed by atoms with Crippen molar-refractivity contribution in [1.82, 2.24) is 15.1 Å². The van der Waals surface area contributed by atoms with Crippen molar-refractivity contribution in [3.05, 3.63) is 81.9 Å². The van der Waals surface area contributed by atoms with E-state index in [0.29, 0.717) is 16.3 Å². The van der Waals surface area contributed by atoms with E-state index in [2.05, 4.69) is 10.4 Å². The van der Waals surface area contributed by atoms with Crippen LogP contribution in [-0.4, -0.2) is 20.8 Å². The Kier molecular flexibility index (Phi) is 6.66. The maximum Gasteiger partial charge on any atom is 0.435 e. The van der Waals surface area contributed by atoms with Gasteiger partial charge in [0.25, 0.3) is 0 Å². The number of carbonyl (C=O) groups is 1. The van der Waals surface area contributed by atoms with Crippen LogP contribution >= 0.6 is 11.6 Å². The number of nitrogens with one attached hydrogen (secondary N) is 1. The summed E-state index contributed by atoms with van der Waals surface area (Å²) in [4.78, 5) is 12.5. The van der Waals surface area contributed by atoms with Crippen LogP contribution in [0.15, 0.2) is 48.5 Å². The third-order valence-electron chi connectivity index (χ3n) is 4.71. The van der Waals surface area contributed by atoms with Gasteiger partial charge in [-0.1, -0.05) is 29.8 Å². The van der Waals surface area contributed by atoms with E-state index in [1.54, 1.807) is 18.2 Å². The molecule has 0 aliphatic rings. The fraction of sp³-hybridized carbons (Fsp3) is 0.238. The van der Waals surface area contributed by atoms with Crippen LogP contribution in [0.5, 0.6) is 0 Å². The van der Waals surface area contributed by atoms with Crippen LogP contribution in [0.4, 0.5) is 17.6 Å². The number of alkyl halides is 3. The Morgan fingerprint density at radius 3 is 2.58 bits per heavy atom. The van der Waals surface area contributed by atoms with E-state index >= 15 is 0 Å². The molecule has 0 aliphatic carbocycles. The van der Waals surface area contributed by atoms with Gasteiger partial charge in [0, 0.05) is 10.6 Å². The normalized spacial score (nSPS) is 12.6. The first-order valence-electron chi connectivity index (χ1n) is 9.19. The zero-order chi connectivity index (χ0) is 22.8. The second kappa shape index (κ2) is 9.07. The topological polar surface area (TPSA) is 67.2 Å². The Hall–Kier alpha value is -2.91. The number of carbonyl (C=O) groups excluding carboxylic acids is 1. The molecule has 5 nitrogen and oxygen atoms in total. The first-order chi connectivity index (χ1) is 14.6. The summed E-state index contributed by atoms with van der Waals surface area (Å²) in [6.07, 6.45) is -4.66. The van der Waals surface area contributed by atoms with Crippen molar-refractivity contribution >= 4 is 17.5 Å². The second-order valence-corrected chi connectivity index (χ2v) is 7.30. The van der Waals surface area contributed by atoms with Gasteiger partial charge in [-0.2, -0.15) is 18.3 Å². The highest BCUT2D eigenvalue weighted by Gasteiger charge is 2.35. The molecule has 1 heterocycles. The smallest absolute Gasteiger partial charge is 0.392 e. The number of hydrogen-bond donors (Lipinski definition) is 2. The molecule has 0 bridgehead atoms. The van der Waals surface area contributed by atoms with Crippen LogP contribution in [0.2, 0.25) is 5.02 Å². The number of aromatic nitrogens is 2. The van der Waals surface area contributed by atoms with E-state index in [1.165, 1.54) is 25.1 Å². The minimum atomic E-state index is -4.66. The number of nitrogens with zero attached hydrogens (tertiary/aromatic N) is 2. The maximum absolute atomic E-state index is 13.9. The van der Waals surface area contributed by atoms with Crippen molar-refractivity contribution in [2.45, 2.75) is 32.2 Å². The lowest BCUT2D eigenvalue weighted by molar-refractivity contribution is -0.141. The van der Waals surface area contributed by atoms with Gasteiger partial charge in [0.05, 0.1) is 30.5 Å². The van der Waals surface area contributed by atoms with E-state index in [0.717, 1.165) is 16.8 Å². The minimum absolute atomic E-state index is 0.0944. The molecule has 3 aromatic rings. The zero-order valence-corrected chi connectivity index (χ0v) is 17.0. The highest BCUT2D eigenvalue weighted by Crippen LogP contribution is 2.30. The monoisotopic (exact) mass is 455 g/mol. The summed E-state index contributed by atoms with van der Waals surface area (Å²) in [6.45, 7) is 0.829. The van der Waals surface area contributed by atoms with Crippen LogP contribution in [0.1, 0.15) is 35.4 Å². The van der Waals surface area contributed by atoms with Crippen LogP contribution in [0.3, 0.4) is 0 Å². The molecule has 1 atom stereocenters. The Morgan fingerprint density at radius 1 is 1.23 bits per heavy atom. The van der Waals surface area contributed by atoms with Gasteiger partial charge in [-0.15, -0.1) is 0 Å². The summed E-state index contributed by atoms with van der Waals surface area (Å²) >= 11 is 5.94. The number of aliphatic hydroxyl groups excluding tert-OH is 1. The van der Waals surface area contributed by atoms with E-state index in [9.17, 15) is 22.4 Å². The Labute approximate surface area is 180 Å². The standard InChI is InChI=1S/C21H18ClF4N3O2/c1-12(13-5-6-14(11-30)18(23)7-13)20(31)27-10-17-9-19(21(24,25)26)28-29(17)16-4-2-3-15(22)8-16/h2-9,12,30H,10-11H2,1H3,(H,27,31). The van der Waals surface area contributed by atoms with Crippen LogP contribution in [-0.2, 0) is 24.1 Å². The van der Waals surface area contributed by atoms with Crippen molar-refractivity contribution in [2.75, 3.05) is 0 Å². The summed E-state index contributed by atoms with van der Waals surface area (Å²) in [5, 5.41) is 15.5. The SMILES string of the molecule is CC(C(=O)NCc1cc(C(F)(F)F)nn1-c1cccc(Cl)c1)c1ccc(CO)c(F)c1. The predicted octanol–water partition coefficient (Wildman–Crippen LogP) is 4.60. The lowest BCUT2D eigenvalue weighted by Crippen LogP contribution is -2.28. The van der Waals surface area contributed by atoms with Crippen molar-refractivity contribution < 1.29 is 27.5 Å². The molecule has 0 spiro atoms. The molecule has 0 saturated carbocycles. The second-order valence-electron chi connectivity index (χ2n) is 6.86. The van der Waals surface area contributed by atoms with Crippen molar-refractivity contribution in [3.8, 4) is 5.69 Å². The van der Waals surface area contributed by atoms with E-state index < -0.39 is 36.1 Å². The third kappa shape index (κ3) is 5.23. The van der Waals surface area contributed by atoms with Crippen molar-refractivity contribution in [1.29, 1.82) is 0 Å². The van der Waals surface area contributed by atoms with Gasteiger partial charge in [-0.25, -0.2) is 9.07 Å². The Balaban J connectivity index is 1.82. The highest BCUT2D eigenvalue weighted by atomic mass is 35.5. The summed E-state index contributed by atoms with van der Waals surface area (Å²) in [7, 11) is 0.